The summed E-state index contributed by atoms with van der Waals surface area (Å²) >= 11 is 0. The lowest BCUT2D eigenvalue weighted by atomic mass is 9.88. The van der Waals surface area contributed by atoms with Crippen molar-refractivity contribution >= 4 is 0 Å². The molecule has 0 bridgehead atoms. The van der Waals surface area contributed by atoms with Crippen molar-refractivity contribution in [2.24, 2.45) is 11.8 Å². The summed E-state index contributed by atoms with van der Waals surface area (Å²) in [4.78, 5) is 0. The van der Waals surface area contributed by atoms with Gasteiger partial charge in [0.25, 0.3) is 0 Å². The summed E-state index contributed by atoms with van der Waals surface area (Å²) in [5, 5.41) is 0. The maximum absolute atomic E-state index is 2.30. The van der Waals surface area contributed by atoms with Gasteiger partial charge in [-0.2, -0.15) is 0 Å². The summed E-state index contributed by atoms with van der Waals surface area (Å²) in [5.74, 6) is 1.32. The highest BCUT2D eigenvalue weighted by molar-refractivity contribution is 5.14. The number of hydrogen-bond acceptors (Lipinski definition) is 0. The van der Waals surface area contributed by atoms with Crippen LogP contribution in [-0.4, -0.2) is 0 Å². The van der Waals surface area contributed by atoms with Gasteiger partial charge in [0, 0.05) is 0 Å². The zero-order valence-electron chi connectivity index (χ0n) is 8.48. The Balaban J connectivity index is 2.43. The zero-order chi connectivity index (χ0) is 9.52. The van der Waals surface area contributed by atoms with Crippen molar-refractivity contribution in [3.8, 4) is 0 Å². The first-order chi connectivity index (χ1) is 6.34. The molecular weight excluding hydrogens is 156 g/mol. The van der Waals surface area contributed by atoms with Crippen LogP contribution in [0.5, 0.6) is 0 Å². The molecule has 0 fully saturated rings. The van der Waals surface area contributed by atoms with Crippen molar-refractivity contribution in [2.75, 3.05) is 0 Å². The van der Waals surface area contributed by atoms with Gasteiger partial charge in [-0.1, -0.05) is 55.5 Å². The summed E-state index contributed by atoms with van der Waals surface area (Å²) in [5.41, 5.74) is 0. The molecule has 1 aliphatic rings. The normalized spacial score (nSPS) is 24.6. The molecular formula is C13H18. The van der Waals surface area contributed by atoms with Crippen LogP contribution in [0.2, 0.25) is 0 Å². The summed E-state index contributed by atoms with van der Waals surface area (Å²) in [6.45, 7) is 4.31. The van der Waals surface area contributed by atoms with E-state index in [4.69, 9.17) is 0 Å². The Hall–Kier alpha value is -1.04. The van der Waals surface area contributed by atoms with Crippen LogP contribution in [0.25, 0.3) is 0 Å². The van der Waals surface area contributed by atoms with Gasteiger partial charge in [0.1, 0.15) is 0 Å². The predicted octanol–water partition coefficient (Wildman–Crippen LogP) is 3.89. The molecule has 0 radical (unpaired) electrons. The third-order valence-corrected chi connectivity index (χ3v) is 2.41. The number of rotatable bonds is 3. The smallest absolute Gasteiger partial charge is 0.0135 e. The Morgan fingerprint density at radius 2 is 2.15 bits per heavy atom. The van der Waals surface area contributed by atoms with Crippen LogP contribution >= 0.6 is 0 Å². The van der Waals surface area contributed by atoms with Gasteiger partial charge in [0.15, 0.2) is 0 Å². The average molecular weight is 174 g/mol. The summed E-state index contributed by atoms with van der Waals surface area (Å²) in [7, 11) is 0. The predicted molar refractivity (Wildman–Crippen MR) is 59.5 cm³/mol. The van der Waals surface area contributed by atoms with Crippen LogP contribution < -0.4 is 0 Å². The average Bonchev–Trinajstić information content (AvgIpc) is 2.19. The largest absolute Gasteiger partial charge is 0.0877 e. The van der Waals surface area contributed by atoms with Crippen molar-refractivity contribution in [3.63, 3.8) is 0 Å². The molecule has 0 saturated heterocycles. The first-order valence-electron chi connectivity index (χ1n) is 4.97. The molecule has 0 nitrogen and oxygen atoms in total. The van der Waals surface area contributed by atoms with Crippen LogP contribution in [-0.2, 0) is 0 Å². The Bertz CT molecular complexity index is 241. The van der Waals surface area contributed by atoms with E-state index in [1.807, 2.05) is 6.92 Å². The highest BCUT2D eigenvalue weighted by Gasteiger charge is 2.10. The molecule has 0 heterocycles. The standard InChI is InChI=1S/C13H18/c1-3-4-6-9-12(2)13-10-7-5-8-11-13/h3-10,12-13H,11H2,1-2H3/b4-3-,9-6-/t12?,13-/m1/s1. The monoisotopic (exact) mass is 174 g/mol. The van der Waals surface area contributed by atoms with Crippen LogP contribution in [0.4, 0.5) is 0 Å². The lowest BCUT2D eigenvalue weighted by Crippen LogP contribution is -2.06. The molecule has 2 atom stereocenters. The van der Waals surface area contributed by atoms with Crippen LogP contribution in [0.15, 0.2) is 48.6 Å². The second-order valence-corrected chi connectivity index (χ2v) is 3.48. The summed E-state index contributed by atoms with van der Waals surface area (Å²) in [6.07, 6.45) is 18.5. The van der Waals surface area contributed by atoms with E-state index in [1.54, 1.807) is 0 Å². The van der Waals surface area contributed by atoms with Gasteiger partial charge in [-0.25, -0.2) is 0 Å². The van der Waals surface area contributed by atoms with E-state index in [9.17, 15) is 0 Å². The topological polar surface area (TPSA) is 0 Å². The molecule has 0 heteroatoms. The third-order valence-electron chi connectivity index (χ3n) is 2.41. The van der Waals surface area contributed by atoms with Crippen LogP contribution in [0.1, 0.15) is 20.3 Å². The molecule has 0 N–H and O–H groups in total. The van der Waals surface area contributed by atoms with Gasteiger partial charge in [-0.3, -0.25) is 0 Å². The van der Waals surface area contributed by atoms with E-state index in [1.165, 1.54) is 6.42 Å². The maximum Gasteiger partial charge on any atom is -0.0135 e. The van der Waals surface area contributed by atoms with Crippen molar-refractivity contribution in [1.82, 2.24) is 0 Å². The van der Waals surface area contributed by atoms with Gasteiger partial charge < -0.3 is 0 Å². The third kappa shape index (κ3) is 3.45. The van der Waals surface area contributed by atoms with Gasteiger partial charge in [-0.05, 0) is 25.2 Å². The molecule has 0 aliphatic heterocycles. The van der Waals surface area contributed by atoms with Gasteiger partial charge in [0.05, 0.1) is 0 Å². The molecule has 0 aromatic rings. The first-order valence-corrected chi connectivity index (χ1v) is 4.97. The fourth-order valence-electron chi connectivity index (χ4n) is 1.48. The molecule has 0 saturated carbocycles. The minimum atomic E-state index is 0.636. The molecule has 1 unspecified atom stereocenters. The first kappa shape index (κ1) is 10.0. The minimum absolute atomic E-state index is 0.636. The maximum atomic E-state index is 2.30. The molecule has 0 aromatic heterocycles. The molecule has 1 aliphatic carbocycles. The summed E-state index contributed by atoms with van der Waals surface area (Å²) < 4.78 is 0. The Morgan fingerprint density at radius 1 is 1.31 bits per heavy atom. The Morgan fingerprint density at radius 3 is 2.77 bits per heavy atom. The van der Waals surface area contributed by atoms with Crippen LogP contribution in [0, 0.1) is 11.8 Å². The Kier molecular flexibility index (Phi) is 4.31. The van der Waals surface area contributed by atoms with E-state index < -0.39 is 0 Å². The molecule has 0 aromatic carbocycles. The SMILES string of the molecule is C/C=C\C=C/C(C)[C@@H]1C=CC=CC1. The highest BCUT2D eigenvalue weighted by atomic mass is 14.1. The molecule has 13 heavy (non-hydrogen) atoms. The van der Waals surface area contributed by atoms with Gasteiger partial charge in [0.2, 0.25) is 0 Å². The van der Waals surface area contributed by atoms with Gasteiger partial charge in [-0.15, -0.1) is 0 Å². The Labute approximate surface area is 81.4 Å². The molecule has 0 amide bonds. The van der Waals surface area contributed by atoms with E-state index in [2.05, 4.69) is 55.5 Å². The lowest BCUT2D eigenvalue weighted by molar-refractivity contribution is 0.514. The van der Waals surface area contributed by atoms with E-state index in [0.29, 0.717) is 11.8 Å². The van der Waals surface area contributed by atoms with E-state index >= 15 is 0 Å². The second-order valence-electron chi connectivity index (χ2n) is 3.48. The quantitative estimate of drug-likeness (QED) is 0.569. The zero-order valence-corrected chi connectivity index (χ0v) is 8.48. The number of allylic oxidation sites excluding steroid dienone is 8. The molecule has 70 valence electrons. The fraction of sp³-hybridized carbons (Fsp3) is 0.385. The van der Waals surface area contributed by atoms with Crippen molar-refractivity contribution < 1.29 is 0 Å². The summed E-state index contributed by atoms with van der Waals surface area (Å²) in [6, 6.07) is 0. The van der Waals surface area contributed by atoms with E-state index in [-0.39, 0.29) is 0 Å². The van der Waals surface area contributed by atoms with Crippen LogP contribution in [0.3, 0.4) is 0 Å². The lowest BCUT2D eigenvalue weighted by Gasteiger charge is -2.17. The number of hydrogen-bond donors (Lipinski definition) is 0. The van der Waals surface area contributed by atoms with Gasteiger partial charge >= 0.3 is 0 Å². The fourth-order valence-corrected chi connectivity index (χ4v) is 1.48. The van der Waals surface area contributed by atoms with Crippen molar-refractivity contribution in [2.45, 2.75) is 20.3 Å². The van der Waals surface area contributed by atoms with E-state index in [0.717, 1.165) is 0 Å². The second kappa shape index (κ2) is 5.58. The molecule has 1 rings (SSSR count). The molecule has 0 spiro atoms. The minimum Gasteiger partial charge on any atom is -0.0877 e. The van der Waals surface area contributed by atoms with Crippen molar-refractivity contribution in [1.29, 1.82) is 0 Å². The van der Waals surface area contributed by atoms with Crippen molar-refractivity contribution in [3.05, 3.63) is 48.6 Å². The highest BCUT2D eigenvalue weighted by Crippen LogP contribution is 2.21.